The van der Waals surface area contributed by atoms with E-state index in [1.807, 2.05) is 0 Å². The lowest BCUT2D eigenvalue weighted by Crippen LogP contribution is -2.49. The molecule has 6 nitrogen and oxygen atoms in total. The number of anilines is 1. The summed E-state index contributed by atoms with van der Waals surface area (Å²) >= 11 is 0. The number of carbonyl (C=O) groups is 2. The van der Waals surface area contributed by atoms with Crippen LogP contribution >= 0.6 is 0 Å². The van der Waals surface area contributed by atoms with Gasteiger partial charge in [0.05, 0.1) is 46.4 Å². The zero-order valence-corrected chi connectivity index (χ0v) is 15.3. The fraction of sp³-hybridized carbons (Fsp3) is 0.526. The highest BCUT2D eigenvalue weighted by atomic mass is 19.4. The summed E-state index contributed by atoms with van der Waals surface area (Å²) in [4.78, 5) is 27.0. The number of halogens is 3. The normalized spacial score (nSPS) is 36.8. The van der Waals surface area contributed by atoms with Crippen molar-refractivity contribution in [1.29, 1.82) is 5.26 Å². The SMILES string of the molecule is Cc1c(N2C(=O)[C@@H]3[C@H](C2=O)C2(C)C[C@H](O)C3(C)O2)ccc(C#N)c1C(F)(F)F. The van der Waals surface area contributed by atoms with Gasteiger partial charge in [-0.25, -0.2) is 4.90 Å². The van der Waals surface area contributed by atoms with Crippen molar-refractivity contribution in [2.75, 3.05) is 4.90 Å². The third kappa shape index (κ3) is 2.10. The third-order valence-electron chi connectivity index (χ3n) is 6.38. The largest absolute Gasteiger partial charge is 0.418 e. The van der Waals surface area contributed by atoms with Crippen molar-refractivity contribution in [3.8, 4) is 6.07 Å². The van der Waals surface area contributed by atoms with Gasteiger partial charge in [-0.15, -0.1) is 0 Å². The van der Waals surface area contributed by atoms with E-state index in [2.05, 4.69) is 0 Å². The van der Waals surface area contributed by atoms with Gasteiger partial charge >= 0.3 is 6.18 Å². The van der Waals surface area contributed by atoms with Crippen LogP contribution in [0.3, 0.4) is 0 Å². The molecule has 4 rings (SSSR count). The molecule has 3 fully saturated rings. The molecule has 2 amide bonds. The van der Waals surface area contributed by atoms with E-state index in [9.17, 15) is 27.9 Å². The number of alkyl halides is 3. The number of fused-ring (bicyclic) bond motifs is 5. The molecule has 1 N–H and O–H groups in total. The number of aliphatic hydroxyl groups is 1. The Kier molecular flexibility index (Phi) is 3.60. The third-order valence-corrected chi connectivity index (χ3v) is 6.38. The smallest absolute Gasteiger partial charge is 0.390 e. The lowest BCUT2D eigenvalue weighted by atomic mass is 9.67. The molecule has 1 aromatic carbocycles. The van der Waals surface area contributed by atoms with Crippen molar-refractivity contribution in [3.63, 3.8) is 0 Å². The summed E-state index contributed by atoms with van der Waals surface area (Å²) < 4.78 is 46.4. The Morgan fingerprint density at radius 3 is 2.43 bits per heavy atom. The maximum absolute atomic E-state index is 13.5. The minimum Gasteiger partial charge on any atom is -0.390 e. The summed E-state index contributed by atoms with van der Waals surface area (Å²) in [6, 6.07) is 3.65. The Bertz CT molecular complexity index is 969. The van der Waals surface area contributed by atoms with Crippen LogP contribution in [-0.2, 0) is 20.5 Å². The number of rotatable bonds is 1. The quantitative estimate of drug-likeness (QED) is 0.739. The zero-order chi connectivity index (χ0) is 20.8. The fourth-order valence-corrected chi connectivity index (χ4v) is 5.16. The van der Waals surface area contributed by atoms with Crippen LogP contribution in [-0.4, -0.2) is 34.2 Å². The molecule has 3 saturated heterocycles. The van der Waals surface area contributed by atoms with Crippen LogP contribution in [0.5, 0.6) is 0 Å². The average molecular weight is 394 g/mol. The summed E-state index contributed by atoms with van der Waals surface area (Å²) in [5.74, 6) is -3.19. The average Bonchev–Trinajstić information content (AvgIpc) is 3.08. The van der Waals surface area contributed by atoms with Crippen LogP contribution in [0, 0.1) is 30.1 Å². The molecular weight excluding hydrogens is 377 g/mol. The molecule has 2 unspecified atom stereocenters. The van der Waals surface area contributed by atoms with Crippen molar-refractivity contribution in [3.05, 3.63) is 28.8 Å². The van der Waals surface area contributed by atoms with Gasteiger partial charge in [0.25, 0.3) is 0 Å². The van der Waals surface area contributed by atoms with Gasteiger partial charge in [0.15, 0.2) is 0 Å². The Morgan fingerprint density at radius 2 is 1.86 bits per heavy atom. The first-order valence-corrected chi connectivity index (χ1v) is 8.74. The lowest BCUT2D eigenvalue weighted by molar-refractivity contribution is -0.138. The van der Waals surface area contributed by atoms with Crippen LogP contribution < -0.4 is 4.90 Å². The van der Waals surface area contributed by atoms with Crippen LogP contribution in [0.15, 0.2) is 12.1 Å². The molecule has 3 aliphatic rings. The molecule has 1 aromatic rings. The number of ether oxygens (including phenoxy) is 1. The van der Waals surface area contributed by atoms with Crippen molar-refractivity contribution in [1.82, 2.24) is 0 Å². The van der Waals surface area contributed by atoms with E-state index in [0.717, 1.165) is 17.9 Å². The highest BCUT2D eigenvalue weighted by Gasteiger charge is 2.75. The highest BCUT2D eigenvalue weighted by molar-refractivity contribution is 6.23. The summed E-state index contributed by atoms with van der Waals surface area (Å²) in [5.41, 5.74) is -4.64. The summed E-state index contributed by atoms with van der Waals surface area (Å²) in [7, 11) is 0. The number of aliphatic hydroxyl groups excluding tert-OH is 1. The molecule has 0 aromatic heterocycles. The highest BCUT2D eigenvalue weighted by Crippen LogP contribution is 2.61. The molecule has 0 aliphatic carbocycles. The number of hydrogen-bond donors (Lipinski definition) is 1. The number of hydrogen-bond acceptors (Lipinski definition) is 5. The second-order valence-electron chi connectivity index (χ2n) is 8.03. The van der Waals surface area contributed by atoms with Crippen LogP contribution in [0.4, 0.5) is 18.9 Å². The maximum atomic E-state index is 13.5. The number of amides is 2. The van der Waals surface area contributed by atoms with Crippen LogP contribution in [0.1, 0.15) is 37.0 Å². The van der Waals surface area contributed by atoms with E-state index in [4.69, 9.17) is 10.00 Å². The standard InChI is InChI=1S/C19H17F3N2O4/c1-8-10(5-4-9(7-23)12(8)19(20,21)22)24-15(26)13-14(16(24)27)18(3)11(25)6-17(13,2)28-18/h4-5,11,13-14,25H,6H2,1-3H3/t11-,13+,14-,17?,18?/m0/s1. The van der Waals surface area contributed by atoms with Gasteiger partial charge in [0.2, 0.25) is 11.8 Å². The maximum Gasteiger partial charge on any atom is 0.418 e. The molecule has 148 valence electrons. The number of benzene rings is 1. The Balaban J connectivity index is 1.86. The molecule has 28 heavy (non-hydrogen) atoms. The van der Waals surface area contributed by atoms with Gasteiger partial charge < -0.3 is 9.84 Å². The second-order valence-corrected chi connectivity index (χ2v) is 8.03. The first kappa shape index (κ1) is 18.9. The first-order chi connectivity index (χ1) is 12.9. The second kappa shape index (κ2) is 5.33. The minimum atomic E-state index is -4.82. The van der Waals surface area contributed by atoms with Gasteiger partial charge in [-0.1, -0.05) is 0 Å². The van der Waals surface area contributed by atoms with Gasteiger partial charge in [-0.3, -0.25) is 9.59 Å². The molecule has 5 atom stereocenters. The van der Waals surface area contributed by atoms with Gasteiger partial charge in [0.1, 0.15) is 5.60 Å². The molecule has 9 heteroatoms. The van der Waals surface area contributed by atoms with E-state index < -0.39 is 58.3 Å². The fourth-order valence-electron chi connectivity index (χ4n) is 5.16. The van der Waals surface area contributed by atoms with Gasteiger partial charge in [-0.05, 0) is 38.5 Å². The molecule has 2 bridgehead atoms. The minimum absolute atomic E-state index is 0.164. The monoisotopic (exact) mass is 394 g/mol. The van der Waals surface area contributed by atoms with E-state index in [0.29, 0.717) is 0 Å². The molecular formula is C19H17F3N2O4. The van der Waals surface area contributed by atoms with E-state index in [-0.39, 0.29) is 17.7 Å². The summed E-state index contributed by atoms with van der Waals surface area (Å²) in [6.07, 6.45) is -5.61. The van der Waals surface area contributed by atoms with Crippen molar-refractivity contribution in [2.24, 2.45) is 11.8 Å². The molecule has 0 spiro atoms. The first-order valence-electron chi connectivity index (χ1n) is 8.74. The number of nitrogens with zero attached hydrogens (tertiary/aromatic N) is 2. The Labute approximate surface area is 158 Å². The molecule has 3 heterocycles. The van der Waals surface area contributed by atoms with Crippen molar-refractivity contribution in [2.45, 2.75) is 50.7 Å². The topological polar surface area (TPSA) is 90.6 Å². The lowest BCUT2D eigenvalue weighted by Gasteiger charge is -2.31. The number of imide groups is 1. The molecule has 0 saturated carbocycles. The van der Waals surface area contributed by atoms with Crippen LogP contribution in [0.25, 0.3) is 0 Å². The summed E-state index contributed by atoms with van der Waals surface area (Å²) in [5, 5.41) is 19.4. The molecule has 3 aliphatic heterocycles. The van der Waals surface area contributed by atoms with Crippen molar-refractivity contribution < 1.29 is 32.6 Å². The van der Waals surface area contributed by atoms with Gasteiger partial charge in [-0.2, -0.15) is 18.4 Å². The Hall–Kier alpha value is -2.44. The number of nitriles is 1. The zero-order valence-electron chi connectivity index (χ0n) is 15.3. The van der Waals surface area contributed by atoms with Crippen molar-refractivity contribution >= 4 is 17.5 Å². The van der Waals surface area contributed by atoms with E-state index >= 15 is 0 Å². The molecule has 0 radical (unpaired) electrons. The van der Waals surface area contributed by atoms with Gasteiger partial charge in [0, 0.05) is 6.42 Å². The summed E-state index contributed by atoms with van der Waals surface area (Å²) in [6.45, 7) is 4.32. The Morgan fingerprint density at radius 1 is 1.25 bits per heavy atom. The number of carbonyl (C=O) groups excluding carboxylic acids is 2. The van der Waals surface area contributed by atoms with E-state index in [1.165, 1.54) is 12.1 Å². The van der Waals surface area contributed by atoms with E-state index in [1.54, 1.807) is 13.8 Å². The predicted octanol–water partition coefficient (Wildman–Crippen LogP) is 2.30. The predicted molar refractivity (Wildman–Crippen MR) is 88.9 cm³/mol. The van der Waals surface area contributed by atoms with Crippen LogP contribution in [0.2, 0.25) is 0 Å².